The van der Waals surface area contributed by atoms with Crippen LogP contribution in [0.1, 0.15) is 12.5 Å². The number of hydrogen-bond donors (Lipinski definition) is 0. The van der Waals surface area contributed by atoms with Crippen molar-refractivity contribution in [2.24, 2.45) is 0 Å². The van der Waals surface area contributed by atoms with Crippen LogP contribution in [0, 0.1) is 11.3 Å². The van der Waals surface area contributed by atoms with Gasteiger partial charge in [-0.2, -0.15) is 5.26 Å². The monoisotopic (exact) mass is 392 g/mol. The predicted molar refractivity (Wildman–Crippen MR) is 114 cm³/mol. The maximum Gasteiger partial charge on any atom is 0.115 e. The summed E-state index contributed by atoms with van der Waals surface area (Å²) in [6.45, 7) is 1.92. The van der Waals surface area contributed by atoms with Crippen molar-refractivity contribution in [2.45, 2.75) is 11.9 Å². The maximum absolute atomic E-state index is 11.7. The lowest BCUT2D eigenvalue weighted by atomic mass is 9.99. The molecule has 0 spiro atoms. The average Bonchev–Trinajstić information content (AvgIpc) is 2.74. The zero-order valence-electron chi connectivity index (χ0n) is 15.1. The molecule has 1 heterocycles. The third-order valence-electron chi connectivity index (χ3n) is 4.12. The Kier molecular flexibility index (Phi) is 6.80. The summed E-state index contributed by atoms with van der Waals surface area (Å²) in [6.07, 6.45) is 0. The Labute approximate surface area is 166 Å². The zero-order chi connectivity index (χ0) is 19.1. The van der Waals surface area contributed by atoms with E-state index in [4.69, 9.17) is 4.98 Å². The van der Waals surface area contributed by atoms with Crippen molar-refractivity contribution < 1.29 is 4.21 Å². The van der Waals surface area contributed by atoms with Gasteiger partial charge in [0.2, 0.25) is 0 Å². The van der Waals surface area contributed by atoms with Gasteiger partial charge in [-0.05, 0) is 11.6 Å². The fraction of sp³-hybridized carbons (Fsp3) is 0.182. The van der Waals surface area contributed by atoms with Gasteiger partial charge in [-0.25, -0.2) is 4.98 Å². The van der Waals surface area contributed by atoms with Gasteiger partial charge in [0.05, 0.1) is 11.3 Å². The van der Waals surface area contributed by atoms with E-state index in [1.807, 2.05) is 73.7 Å². The largest absolute Gasteiger partial charge is 0.260 e. The van der Waals surface area contributed by atoms with Gasteiger partial charge < -0.3 is 0 Å². The van der Waals surface area contributed by atoms with Gasteiger partial charge in [-0.1, -0.05) is 67.6 Å². The molecule has 3 nitrogen and oxygen atoms in total. The highest BCUT2D eigenvalue weighted by Gasteiger charge is 2.16. The molecule has 3 aromatic rings. The van der Waals surface area contributed by atoms with Crippen LogP contribution in [0.3, 0.4) is 0 Å². The fourth-order valence-corrected chi connectivity index (χ4v) is 4.73. The van der Waals surface area contributed by atoms with Crippen LogP contribution in [0.2, 0.25) is 0 Å². The summed E-state index contributed by atoms with van der Waals surface area (Å²) in [5.74, 6) is 1.93. The molecule has 0 aliphatic carbocycles. The van der Waals surface area contributed by atoms with Gasteiger partial charge >= 0.3 is 0 Å². The predicted octanol–water partition coefficient (Wildman–Crippen LogP) is 5.15. The lowest BCUT2D eigenvalue weighted by Crippen LogP contribution is -2.03. The van der Waals surface area contributed by atoms with Crippen molar-refractivity contribution in [1.29, 1.82) is 5.26 Å². The number of benzene rings is 2. The molecule has 27 heavy (non-hydrogen) atoms. The van der Waals surface area contributed by atoms with E-state index in [1.54, 1.807) is 0 Å². The van der Waals surface area contributed by atoms with Crippen LogP contribution in [-0.4, -0.2) is 26.5 Å². The molecule has 0 aliphatic heterocycles. The van der Waals surface area contributed by atoms with E-state index in [9.17, 15) is 9.47 Å². The number of rotatable bonds is 7. The summed E-state index contributed by atoms with van der Waals surface area (Å²) in [5, 5.41) is 10.5. The summed E-state index contributed by atoms with van der Waals surface area (Å²) in [6, 6.07) is 24.2. The quantitative estimate of drug-likeness (QED) is 0.522. The normalized spacial score (nSPS) is 11.7. The second kappa shape index (κ2) is 9.50. The summed E-state index contributed by atoms with van der Waals surface area (Å²) < 4.78 is 11.7. The van der Waals surface area contributed by atoms with Crippen molar-refractivity contribution in [3.8, 4) is 28.5 Å². The smallest absolute Gasteiger partial charge is 0.115 e. The minimum atomic E-state index is -0.823. The third-order valence-corrected chi connectivity index (χ3v) is 6.66. The van der Waals surface area contributed by atoms with Gasteiger partial charge in [0, 0.05) is 39.2 Å². The molecule has 2 aromatic carbocycles. The van der Waals surface area contributed by atoms with Crippen LogP contribution < -0.4 is 0 Å². The number of hydrogen-bond acceptors (Lipinski definition) is 4. The zero-order valence-corrected chi connectivity index (χ0v) is 16.7. The van der Waals surface area contributed by atoms with Crippen molar-refractivity contribution in [3.05, 3.63) is 72.3 Å². The molecular formula is C22H20N2OS2. The highest BCUT2D eigenvalue weighted by molar-refractivity contribution is 8.00. The molecule has 0 bridgehead atoms. The first-order chi connectivity index (χ1) is 13.2. The SMILES string of the molecule is CCS(=O)CCSc1nc(-c2ccccc2)cc(-c2ccccc2)c1C#N. The van der Waals surface area contributed by atoms with Crippen molar-refractivity contribution in [2.75, 3.05) is 17.3 Å². The Hall–Kier alpha value is -2.42. The molecule has 0 saturated heterocycles. The number of aromatic nitrogens is 1. The second-order valence-electron chi connectivity index (χ2n) is 5.86. The van der Waals surface area contributed by atoms with Crippen molar-refractivity contribution >= 4 is 22.6 Å². The fourth-order valence-electron chi connectivity index (χ4n) is 2.71. The van der Waals surface area contributed by atoms with Crippen LogP contribution in [-0.2, 0) is 10.8 Å². The molecule has 0 saturated carbocycles. The topological polar surface area (TPSA) is 53.8 Å². The van der Waals surface area contributed by atoms with Crippen molar-refractivity contribution in [3.63, 3.8) is 0 Å². The lowest BCUT2D eigenvalue weighted by molar-refractivity contribution is 0.685. The van der Waals surface area contributed by atoms with Crippen LogP contribution in [0.5, 0.6) is 0 Å². The molecule has 0 amide bonds. The molecule has 0 N–H and O–H groups in total. The molecule has 5 heteroatoms. The Morgan fingerprint density at radius 2 is 1.67 bits per heavy atom. The highest BCUT2D eigenvalue weighted by atomic mass is 32.2. The first-order valence-electron chi connectivity index (χ1n) is 8.76. The second-order valence-corrected chi connectivity index (χ2v) is 8.81. The standard InChI is InChI=1S/C22H20N2OS2/c1-2-27(25)14-13-26-22-20(16-23)19(17-9-5-3-6-10-17)15-21(24-22)18-11-7-4-8-12-18/h3-12,15H,2,13-14H2,1H3. The van der Waals surface area contributed by atoms with E-state index < -0.39 is 10.8 Å². The summed E-state index contributed by atoms with van der Waals surface area (Å²) >= 11 is 1.51. The van der Waals surface area contributed by atoms with E-state index in [0.717, 1.165) is 22.4 Å². The van der Waals surface area contributed by atoms with Gasteiger partial charge in [-0.3, -0.25) is 4.21 Å². The summed E-state index contributed by atoms with van der Waals surface area (Å²) in [4.78, 5) is 4.76. The van der Waals surface area contributed by atoms with Gasteiger partial charge in [-0.15, -0.1) is 11.8 Å². The summed E-state index contributed by atoms with van der Waals surface area (Å²) in [7, 11) is -0.823. The average molecular weight is 393 g/mol. The summed E-state index contributed by atoms with van der Waals surface area (Å²) in [5.41, 5.74) is 4.30. The Bertz CT molecular complexity index is 967. The highest BCUT2D eigenvalue weighted by Crippen LogP contribution is 2.34. The molecule has 1 unspecified atom stereocenters. The number of pyridine rings is 1. The number of nitriles is 1. The van der Waals surface area contributed by atoms with E-state index in [1.165, 1.54) is 11.8 Å². The number of thioether (sulfide) groups is 1. The van der Waals surface area contributed by atoms with Crippen LogP contribution in [0.25, 0.3) is 22.4 Å². The first kappa shape index (κ1) is 19.3. The number of nitrogens with zero attached hydrogens (tertiary/aromatic N) is 2. The van der Waals surface area contributed by atoms with Gasteiger partial charge in [0.1, 0.15) is 11.1 Å². The van der Waals surface area contributed by atoms with Crippen molar-refractivity contribution in [1.82, 2.24) is 4.98 Å². The van der Waals surface area contributed by atoms with Crippen LogP contribution in [0.15, 0.2) is 71.8 Å². The molecular weight excluding hydrogens is 372 g/mol. The molecule has 0 aliphatic rings. The van der Waals surface area contributed by atoms with Crippen LogP contribution in [0.4, 0.5) is 0 Å². The van der Waals surface area contributed by atoms with E-state index in [0.29, 0.717) is 27.8 Å². The molecule has 3 rings (SSSR count). The van der Waals surface area contributed by atoms with E-state index in [-0.39, 0.29) is 0 Å². The third kappa shape index (κ3) is 4.85. The lowest BCUT2D eigenvalue weighted by Gasteiger charge is -2.12. The van der Waals surface area contributed by atoms with Gasteiger partial charge in [0.15, 0.2) is 0 Å². The Balaban J connectivity index is 2.07. The molecule has 0 fully saturated rings. The van der Waals surface area contributed by atoms with Crippen LogP contribution >= 0.6 is 11.8 Å². The van der Waals surface area contributed by atoms with Gasteiger partial charge in [0.25, 0.3) is 0 Å². The maximum atomic E-state index is 11.7. The molecule has 136 valence electrons. The molecule has 0 radical (unpaired) electrons. The Morgan fingerprint density at radius 1 is 1.04 bits per heavy atom. The Morgan fingerprint density at radius 3 is 2.26 bits per heavy atom. The minimum Gasteiger partial charge on any atom is -0.260 e. The molecule has 1 atom stereocenters. The van der Waals surface area contributed by atoms with E-state index in [2.05, 4.69) is 6.07 Å². The minimum absolute atomic E-state index is 0.577. The molecule has 1 aromatic heterocycles. The first-order valence-corrected chi connectivity index (χ1v) is 11.2. The van der Waals surface area contributed by atoms with E-state index >= 15 is 0 Å².